The van der Waals surface area contributed by atoms with E-state index in [0.29, 0.717) is 6.04 Å². The van der Waals surface area contributed by atoms with E-state index in [2.05, 4.69) is 24.3 Å². The topological polar surface area (TPSA) is 48.3 Å². The molecule has 0 aromatic carbocycles. The molecule has 0 spiro atoms. The van der Waals surface area contributed by atoms with Gasteiger partial charge in [-0.3, -0.25) is 4.68 Å². The van der Waals surface area contributed by atoms with E-state index in [4.69, 9.17) is 9.47 Å². The Bertz CT molecular complexity index is 367. The summed E-state index contributed by atoms with van der Waals surface area (Å²) < 4.78 is 13.3. The second-order valence-electron chi connectivity index (χ2n) is 4.70. The van der Waals surface area contributed by atoms with Gasteiger partial charge in [0.1, 0.15) is 12.2 Å². The Balaban J connectivity index is 1.86. The second-order valence-corrected chi connectivity index (χ2v) is 4.70. The summed E-state index contributed by atoms with van der Waals surface area (Å²) in [5.41, 5.74) is 0. The fourth-order valence-corrected chi connectivity index (χ4v) is 2.41. The highest BCUT2D eigenvalue weighted by molar-refractivity contribution is 5.14. The van der Waals surface area contributed by atoms with Gasteiger partial charge in [0.2, 0.25) is 0 Å². The van der Waals surface area contributed by atoms with Crippen molar-refractivity contribution < 1.29 is 9.47 Å². The molecule has 2 rings (SSSR count). The Hall–Kier alpha value is -1.07. The second kappa shape index (κ2) is 6.20. The van der Waals surface area contributed by atoms with Crippen LogP contribution in [0.1, 0.15) is 26.7 Å². The van der Waals surface area contributed by atoms with Crippen LogP contribution in [0.15, 0.2) is 12.4 Å². The molecule has 102 valence electrons. The molecule has 1 aliphatic rings. The first kappa shape index (κ1) is 13.4. The van der Waals surface area contributed by atoms with Crippen molar-refractivity contribution >= 4 is 0 Å². The standard InChI is InChI=1S/C13H23N3O2/c1-4-6-16-9-10(8-15-16)18-12-7-11(14-5-2)13(12)17-3/h8-9,11-14H,4-7H2,1-3H3. The first-order valence-electron chi connectivity index (χ1n) is 6.73. The molecule has 1 aliphatic carbocycles. The van der Waals surface area contributed by atoms with E-state index in [1.54, 1.807) is 13.3 Å². The van der Waals surface area contributed by atoms with Gasteiger partial charge in [0.15, 0.2) is 5.75 Å². The van der Waals surface area contributed by atoms with Gasteiger partial charge in [-0.15, -0.1) is 0 Å². The molecule has 5 nitrogen and oxygen atoms in total. The lowest BCUT2D eigenvalue weighted by atomic mass is 9.85. The van der Waals surface area contributed by atoms with Crippen LogP contribution in [0.5, 0.6) is 5.75 Å². The molecule has 1 fully saturated rings. The van der Waals surface area contributed by atoms with Gasteiger partial charge in [-0.05, 0) is 13.0 Å². The number of rotatable bonds is 7. The molecule has 1 N–H and O–H groups in total. The van der Waals surface area contributed by atoms with Crippen molar-refractivity contribution in [3.05, 3.63) is 12.4 Å². The number of nitrogens with zero attached hydrogens (tertiary/aromatic N) is 2. The van der Waals surface area contributed by atoms with Gasteiger partial charge in [0, 0.05) is 26.1 Å². The van der Waals surface area contributed by atoms with Gasteiger partial charge in [0.25, 0.3) is 0 Å². The fourth-order valence-electron chi connectivity index (χ4n) is 2.41. The highest BCUT2D eigenvalue weighted by Crippen LogP contribution is 2.28. The van der Waals surface area contributed by atoms with Crippen molar-refractivity contribution in [2.24, 2.45) is 0 Å². The number of ether oxygens (including phenoxy) is 2. The molecule has 1 aromatic heterocycles. The van der Waals surface area contributed by atoms with E-state index < -0.39 is 0 Å². The Morgan fingerprint density at radius 2 is 2.33 bits per heavy atom. The third-order valence-electron chi connectivity index (χ3n) is 3.34. The third kappa shape index (κ3) is 2.84. The molecule has 1 aromatic rings. The molecule has 3 unspecified atom stereocenters. The summed E-state index contributed by atoms with van der Waals surface area (Å²) in [7, 11) is 1.74. The summed E-state index contributed by atoms with van der Waals surface area (Å²) in [6, 6.07) is 0.413. The smallest absolute Gasteiger partial charge is 0.157 e. The van der Waals surface area contributed by atoms with Crippen molar-refractivity contribution in [2.75, 3.05) is 13.7 Å². The number of hydrogen-bond donors (Lipinski definition) is 1. The van der Waals surface area contributed by atoms with Gasteiger partial charge in [-0.1, -0.05) is 13.8 Å². The zero-order valence-corrected chi connectivity index (χ0v) is 11.4. The maximum Gasteiger partial charge on any atom is 0.157 e. The summed E-state index contributed by atoms with van der Waals surface area (Å²) in [5, 5.41) is 7.66. The van der Waals surface area contributed by atoms with Crippen LogP contribution in [0.3, 0.4) is 0 Å². The molecule has 0 bridgehead atoms. The third-order valence-corrected chi connectivity index (χ3v) is 3.34. The van der Waals surface area contributed by atoms with Crippen LogP contribution < -0.4 is 10.1 Å². The largest absolute Gasteiger partial charge is 0.484 e. The average Bonchev–Trinajstić information content (AvgIpc) is 2.76. The van der Waals surface area contributed by atoms with Gasteiger partial charge in [-0.2, -0.15) is 5.10 Å². The fraction of sp³-hybridized carbons (Fsp3) is 0.769. The minimum atomic E-state index is 0.137. The number of nitrogens with one attached hydrogen (secondary N) is 1. The van der Waals surface area contributed by atoms with E-state index in [0.717, 1.165) is 31.7 Å². The first-order valence-corrected chi connectivity index (χ1v) is 6.73. The van der Waals surface area contributed by atoms with Crippen molar-refractivity contribution in [1.82, 2.24) is 15.1 Å². The minimum Gasteiger partial charge on any atom is -0.484 e. The normalized spacial score (nSPS) is 26.9. The van der Waals surface area contributed by atoms with Crippen molar-refractivity contribution in [3.63, 3.8) is 0 Å². The van der Waals surface area contributed by atoms with Gasteiger partial charge in [0.05, 0.1) is 12.4 Å². The number of methoxy groups -OCH3 is 1. The zero-order valence-electron chi connectivity index (χ0n) is 11.4. The predicted octanol–water partition coefficient (Wildman–Crippen LogP) is 1.44. The predicted molar refractivity (Wildman–Crippen MR) is 69.8 cm³/mol. The molecule has 5 heteroatoms. The molecule has 1 saturated carbocycles. The molecular weight excluding hydrogens is 230 g/mol. The highest BCUT2D eigenvalue weighted by Gasteiger charge is 2.42. The Kier molecular flexibility index (Phi) is 4.60. The average molecular weight is 253 g/mol. The molecule has 0 aliphatic heterocycles. The van der Waals surface area contributed by atoms with Gasteiger partial charge >= 0.3 is 0 Å². The van der Waals surface area contributed by atoms with E-state index in [1.165, 1.54) is 0 Å². The van der Waals surface area contributed by atoms with Crippen LogP contribution in [-0.4, -0.2) is 41.7 Å². The SMILES string of the molecule is CCCn1cc(OC2CC(NCC)C2OC)cn1. The number of aromatic nitrogens is 2. The van der Waals surface area contributed by atoms with Gasteiger partial charge in [-0.25, -0.2) is 0 Å². The molecule has 1 heterocycles. The summed E-state index contributed by atoms with van der Waals surface area (Å²) in [4.78, 5) is 0. The van der Waals surface area contributed by atoms with Crippen LogP contribution >= 0.6 is 0 Å². The van der Waals surface area contributed by atoms with Crippen LogP contribution in [0.25, 0.3) is 0 Å². The minimum absolute atomic E-state index is 0.137. The number of likely N-dealkylation sites (N-methyl/N-ethyl adjacent to an activating group) is 1. The van der Waals surface area contributed by atoms with E-state index in [9.17, 15) is 0 Å². The lowest BCUT2D eigenvalue weighted by molar-refractivity contribution is -0.0884. The maximum atomic E-state index is 5.91. The number of hydrogen-bond acceptors (Lipinski definition) is 4. The van der Waals surface area contributed by atoms with Crippen LogP contribution in [-0.2, 0) is 11.3 Å². The molecule has 3 atom stereocenters. The molecule has 0 amide bonds. The Morgan fingerprint density at radius 3 is 3.00 bits per heavy atom. The van der Waals surface area contributed by atoms with Crippen molar-refractivity contribution in [1.29, 1.82) is 0 Å². The molecule has 18 heavy (non-hydrogen) atoms. The highest BCUT2D eigenvalue weighted by atomic mass is 16.5. The van der Waals surface area contributed by atoms with Crippen LogP contribution in [0.4, 0.5) is 0 Å². The molecule has 0 saturated heterocycles. The summed E-state index contributed by atoms with van der Waals surface area (Å²) in [5.74, 6) is 0.838. The lowest BCUT2D eigenvalue weighted by Crippen LogP contribution is -2.60. The zero-order chi connectivity index (χ0) is 13.0. The molecule has 0 radical (unpaired) electrons. The molecular formula is C13H23N3O2. The van der Waals surface area contributed by atoms with E-state index >= 15 is 0 Å². The van der Waals surface area contributed by atoms with E-state index in [-0.39, 0.29) is 12.2 Å². The van der Waals surface area contributed by atoms with Crippen molar-refractivity contribution in [3.8, 4) is 5.75 Å². The summed E-state index contributed by atoms with van der Waals surface area (Å²) in [6.07, 6.45) is 6.08. The quantitative estimate of drug-likeness (QED) is 0.799. The Morgan fingerprint density at radius 1 is 1.50 bits per heavy atom. The Labute approximate surface area is 108 Å². The monoisotopic (exact) mass is 253 g/mol. The summed E-state index contributed by atoms with van der Waals surface area (Å²) in [6.45, 7) is 6.14. The van der Waals surface area contributed by atoms with E-state index in [1.807, 2.05) is 10.9 Å². The maximum absolute atomic E-state index is 5.91. The lowest BCUT2D eigenvalue weighted by Gasteiger charge is -2.43. The van der Waals surface area contributed by atoms with Crippen LogP contribution in [0.2, 0.25) is 0 Å². The summed E-state index contributed by atoms with van der Waals surface area (Å²) >= 11 is 0. The van der Waals surface area contributed by atoms with Gasteiger partial charge < -0.3 is 14.8 Å². The van der Waals surface area contributed by atoms with Crippen LogP contribution in [0, 0.1) is 0 Å². The number of aryl methyl sites for hydroxylation is 1. The first-order chi connectivity index (χ1) is 8.78. The van der Waals surface area contributed by atoms with Crippen molar-refractivity contribution in [2.45, 2.75) is 51.5 Å².